The van der Waals surface area contributed by atoms with Gasteiger partial charge in [-0.05, 0) is 31.9 Å². The summed E-state index contributed by atoms with van der Waals surface area (Å²) in [6.45, 7) is 2.24. The molecule has 0 unspecified atom stereocenters. The smallest absolute Gasteiger partial charge is 0.220 e. The number of carbonyl (C=O) groups excluding carboxylic acids is 1. The molecule has 1 fully saturated rings. The first kappa shape index (κ1) is 20.2. The van der Waals surface area contributed by atoms with Crippen molar-refractivity contribution in [2.75, 3.05) is 25.7 Å². The van der Waals surface area contributed by atoms with Crippen LogP contribution in [-0.2, 0) is 16.3 Å². The van der Waals surface area contributed by atoms with E-state index in [2.05, 4.69) is 9.46 Å². The molecule has 2 heterocycles. The topological polar surface area (TPSA) is 103 Å². The molecule has 152 valence electrons. The Kier molecular flexibility index (Phi) is 5.93. The Morgan fingerprint density at radius 1 is 1.21 bits per heavy atom. The second kappa shape index (κ2) is 8.22. The van der Waals surface area contributed by atoms with Crippen LogP contribution in [0.15, 0.2) is 22.7 Å². The first-order valence-corrected chi connectivity index (χ1v) is 11.1. The van der Waals surface area contributed by atoms with Crippen LogP contribution in [0, 0.1) is 0 Å². The molecule has 1 saturated heterocycles. The van der Waals surface area contributed by atoms with Gasteiger partial charge in [-0.25, -0.2) is 8.89 Å². The van der Waals surface area contributed by atoms with Crippen molar-refractivity contribution >= 4 is 21.2 Å². The van der Waals surface area contributed by atoms with Crippen LogP contribution in [0.5, 0.6) is 17.4 Å². The lowest BCUT2D eigenvalue weighted by atomic mass is 10.0. The third kappa shape index (κ3) is 3.71. The predicted octanol–water partition coefficient (Wildman–Crippen LogP) is 3.14. The number of aryl methyl sites for hydroxylation is 1. The Morgan fingerprint density at radius 3 is 2.50 bits per heavy atom. The van der Waals surface area contributed by atoms with Gasteiger partial charge in [-0.2, -0.15) is 9.46 Å². The van der Waals surface area contributed by atoms with Crippen molar-refractivity contribution in [1.82, 2.24) is 9.78 Å². The van der Waals surface area contributed by atoms with Gasteiger partial charge in [0.2, 0.25) is 11.7 Å². The normalized spacial score (nSPS) is 15.8. The van der Waals surface area contributed by atoms with Crippen LogP contribution in [0.2, 0.25) is 0 Å². The van der Waals surface area contributed by atoms with E-state index in [-0.39, 0.29) is 28.4 Å². The number of aromatic hydroxyl groups is 1. The quantitative estimate of drug-likeness (QED) is 0.738. The van der Waals surface area contributed by atoms with Crippen molar-refractivity contribution in [2.24, 2.45) is 4.36 Å². The fourth-order valence-corrected chi connectivity index (χ4v) is 5.50. The van der Waals surface area contributed by atoms with Gasteiger partial charge in [-0.1, -0.05) is 6.42 Å². The molecule has 1 aliphatic heterocycles. The van der Waals surface area contributed by atoms with Gasteiger partial charge in [0.15, 0.2) is 11.4 Å². The molecule has 0 spiro atoms. The largest absolute Gasteiger partial charge is 0.494 e. The standard InChI is InChI=1S/C19H25N3O5S/c1-4-22-19(24)14(12-20-22)17(23)13-8-9-15(26-2)16(18(13)27-3)21-28(25)10-6-5-7-11-28/h8-9,12,24H,4-7,10-11H2,1-3H3. The molecule has 0 radical (unpaired) electrons. The molecule has 0 bridgehead atoms. The van der Waals surface area contributed by atoms with Crippen LogP contribution in [0.3, 0.4) is 0 Å². The first-order valence-electron chi connectivity index (χ1n) is 9.21. The van der Waals surface area contributed by atoms with Crippen molar-refractivity contribution in [3.63, 3.8) is 0 Å². The number of rotatable bonds is 6. The third-order valence-corrected chi connectivity index (χ3v) is 7.17. The third-order valence-electron chi connectivity index (χ3n) is 4.80. The summed E-state index contributed by atoms with van der Waals surface area (Å²) >= 11 is 0. The molecule has 0 amide bonds. The van der Waals surface area contributed by atoms with E-state index in [1.807, 2.05) is 6.92 Å². The molecule has 0 saturated carbocycles. The number of ketones is 1. The Labute approximate surface area is 164 Å². The monoisotopic (exact) mass is 407 g/mol. The van der Waals surface area contributed by atoms with Gasteiger partial charge in [-0.3, -0.25) is 4.79 Å². The zero-order valence-corrected chi connectivity index (χ0v) is 17.1. The number of hydrogen-bond donors (Lipinski definition) is 1. The minimum atomic E-state index is -2.44. The molecule has 9 heteroatoms. The van der Waals surface area contributed by atoms with E-state index in [0.29, 0.717) is 23.8 Å². The van der Waals surface area contributed by atoms with Crippen LogP contribution in [-0.4, -0.2) is 50.6 Å². The Bertz CT molecular complexity index is 993. The number of methoxy groups -OCH3 is 2. The number of nitrogens with zero attached hydrogens (tertiary/aromatic N) is 3. The van der Waals surface area contributed by atoms with Crippen molar-refractivity contribution in [2.45, 2.75) is 32.7 Å². The Balaban J connectivity index is 2.16. The fraction of sp³-hybridized carbons (Fsp3) is 0.474. The van der Waals surface area contributed by atoms with Crippen molar-refractivity contribution in [3.05, 3.63) is 29.5 Å². The minimum absolute atomic E-state index is 0.0677. The summed E-state index contributed by atoms with van der Waals surface area (Å²) in [5.41, 5.74) is 0.537. The highest BCUT2D eigenvalue weighted by Gasteiger charge is 2.26. The molecule has 1 aliphatic rings. The highest BCUT2D eigenvalue weighted by Crippen LogP contribution is 2.42. The Morgan fingerprint density at radius 2 is 1.93 bits per heavy atom. The zero-order chi connectivity index (χ0) is 20.3. The summed E-state index contributed by atoms with van der Waals surface area (Å²) in [6, 6.07) is 3.15. The molecule has 1 aromatic heterocycles. The van der Waals surface area contributed by atoms with Crippen LogP contribution in [0.25, 0.3) is 0 Å². The molecule has 3 rings (SSSR count). The predicted molar refractivity (Wildman–Crippen MR) is 106 cm³/mol. The van der Waals surface area contributed by atoms with E-state index >= 15 is 0 Å². The van der Waals surface area contributed by atoms with E-state index < -0.39 is 15.5 Å². The maximum Gasteiger partial charge on any atom is 0.220 e. The molecule has 1 N–H and O–H groups in total. The van der Waals surface area contributed by atoms with E-state index in [4.69, 9.17) is 9.47 Å². The molecule has 0 aliphatic carbocycles. The summed E-state index contributed by atoms with van der Waals surface area (Å²) in [7, 11) is 0.475. The lowest BCUT2D eigenvalue weighted by molar-refractivity contribution is 0.103. The summed E-state index contributed by atoms with van der Waals surface area (Å²) < 4.78 is 29.9. The van der Waals surface area contributed by atoms with Crippen LogP contribution >= 0.6 is 0 Å². The second-order valence-corrected chi connectivity index (χ2v) is 9.10. The Hall–Kier alpha value is -2.55. The molecule has 0 atom stereocenters. The zero-order valence-electron chi connectivity index (χ0n) is 16.3. The number of hydrogen-bond acceptors (Lipinski definition) is 7. The summed E-state index contributed by atoms with van der Waals surface area (Å²) in [5.74, 6) is 0.939. The highest BCUT2D eigenvalue weighted by atomic mass is 32.2. The van der Waals surface area contributed by atoms with Crippen LogP contribution in [0.1, 0.15) is 42.1 Å². The van der Waals surface area contributed by atoms with Gasteiger partial charge < -0.3 is 14.6 Å². The lowest BCUT2D eigenvalue weighted by Gasteiger charge is -2.18. The van der Waals surface area contributed by atoms with Gasteiger partial charge >= 0.3 is 0 Å². The summed E-state index contributed by atoms with van der Waals surface area (Å²) in [6.07, 6.45) is 4.08. The van der Waals surface area contributed by atoms with Crippen LogP contribution < -0.4 is 9.47 Å². The van der Waals surface area contributed by atoms with Crippen molar-refractivity contribution in [3.8, 4) is 17.4 Å². The number of aromatic nitrogens is 2. The van der Waals surface area contributed by atoms with Gasteiger partial charge in [0.25, 0.3) is 0 Å². The SMILES string of the molecule is CCn1ncc(C(=O)c2ccc(OC)c(N=S3(=O)CCCCC3)c2OC)c1O. The maximum atomic E-state index is 13.1. The van der Waals surface area contributed by atoms with Crippen molar-refractivity contribution < 1.29 is 23.6 Å². The lowest BCUT2D eigenvalue weighted by Crippen LogP contribution is -2.16. The summed E-state index contributed by atoms with van der Waals surface area (Å²) in [4.78, 5) is 13.1. The average Bonchev–Trinajstić information content (AvgIpc) is 3.07. The maximum absolute atomic E-state index is 13.1. The van der Waals surface area contributed by atoms with E-state index in [1.165, 1.54) is 25.1 Å². The van der Waals surface area contributed by atoms with E-state index in [9.17, 15) is 14.1 Å². The van der Waals surface area contributed by atoms with Gasteiger partial charge in [0, 0.05) is 18.1 Å². The summed E-state index contributed by atoms with van der Waals surface area (Å²) in [5, 5.41) is 14.2. The van der Waals surface area contributed by atoms with E-state index in [0.717, 1.165) is 19.3 Å². The van der Waals surface area contributed by atoms with E-state index in [1.54, 1.807) is 12.1 Å². The highest BCUT2D eigenvalue weighted by molar-refractivity contribution is 7.93. The molecule has 2 aromatic rings. The average molecular weight is 407 g/mol. The van der Waals surface area contributed by atoms with Gasteiger partial charge in [-0.15, -0.1) is 0 Å². The fourth-order valence-electron chi connectivity index (χ4n) is 3.30. The second-order valence-electron chi connectivity index (χ2n) is 6.56. The molecule has 28 heavy (non-hydrogen) atoms. The number of carbonyl (C=O) groups is 1. The molecule has 1 aromatic carbocycles. The van der Waals surface area contributed by atoms with Crippen molar-refractivity contribution in [1.29, 1.82) is 0 Å². The van der Waals surface area contributed by atoms with Gasteiger partial charge in [0.05, 0.1) is 35.7 Å². The molecule has 8 nitrogen and oxygen atoms in total. The minimum Gasteiger partial charge on any atom is -0.494 e. The molecular formula is C19H25N3O5S. The molecular weight excluding hydrogens is 382 g/mol. The number of benzene rings is 1. The first-order chi connectivity index (χ1) is 13.4. The number of ether oxygens (including phenoxy) is 2. The van der Waals surface area contributed by atoms with Gasteiger partial charge in [0.1, 0.15) is 11.3 Å². The van der Waals surface area contributed by atoms with Crippen LogP contribution in [0.4, 0.5) is 5.69 Å².